The van der Waals surface area contributed by atoms with Gasteiger partial charge in [0.1, 0.15) is 12.4 Å². The first-order chi connectivity index (χ1) is 10.1. The molecule has 0 aliphatic rings. The van der Waals surface area contributed by atoms with Crippen LogP contribution in [0.15, 0.2) is 24.3 Å². The van der Waals surface area contributed by atoms with Crippen molar-refractivity contribution in [3.05, 3.63) is 29.8 Å². The van der Waals surface area contributed by atoms with Crippen molar-refractivity contribution < 1.29 is 14.2 Å². The lowest BCUT2D eigenvalue weighted by Gasteiger charge is -2.37. The van der Waals surface area contributed by atoms with Crippen molar-refractivity contribution in [3.8, 4) is 5.75 Å². The van der Waals surface area contributed by atoms with Gasteiger partial charge in [0.15, 0.2) is 0 Å². The molecule has 0 bridgehead atoms. The molecule has 1 rings (SSSR count). The first-order valence-corrected chi connectivity index (χ1v) is 7.43. The summed E-state index contributed by atoms with van der Waals surface area (Å²) in [5.74, 6) is 6.61. The fourth-order valence-corrected chi connectivity index (χ4v) is 2.40. The summed E-state index contributed by atoms with van der Waals surface area (Å²) in [7, 11) is 1.66. The average molecular weight is 296 g/mol. The molecule has 0 fully saturated rings. The highest BCUT2D eigenvalue weighted by Crippen LogP contribution is 2.36. The third-order valence-corrected chi connectivity index (χ3v) is 3.73. The van der Waals surface area contributed by atoms with E-state index in [2.05, 4.69) is 19.3 Å². The van der Waals surface area contributed by atoms with Gasteiger partial charge in [-0.05, 0) is 26.3 Å². The van der Waals surface area contributed by atoms with E-state index in [9.17, 15) is 0 Å². The van der Waals surface area contributed by atoms with Crippen LogP contribution in [-0.2, 0) is 9.47 Å². The Morgan fingerprint density at radius 1 is 1.24 bits per heavy atom. The molecule has 0 saturated heterocycles. The van der Waals surface area contributed by atoms with Crippen molar-refractivity contribution in [1.82, 2.24) is 5.43 Å². The predicted molar refractivity (Wildman–Crippen MR) is 84.2 cm³/mol. The van der Waals surface area contributed by atoms with Crippen molar-refractivity contribution in [3.63, 3.8) is 0 Å². The van der Waals surface area contributed by atoms with Crippen LogP contribution in [0.2, 0.25) is 0 Å². The number of methoxy groups -OCH3 is 1. The van der Waals surface area contributed by atoms with Gasteiger partial charge < -0.3 is 14.2 Å². The van der Waals surface area contributed by atoms with Crippen molar-refractivity contribution in [1.29, 1.82) is 0 Å². The summed E-state index contributed by atoms with van der Waals surface area (Å²) >= 11 is 0. The molecule has 2 unspecified atom stereocenters. The zero-order valence-electron chi connectivity index (χ0n) is 13.5. The molecule has 1 aromatic carbocycles. The van der Waals surface area contributed by atoms with Crippen LogP contribution in [0.5, 0.6) is 5.75 Å². The van der Waals surface area contributed by atoms with Gasteiger partial charge in [0.2, 0.25) is 0 Å². The van der Waals surface area contributed by atoms with Gasteiger partial charge in [-0.3, -0.25) is 5.84 Å². The van der Waals surface area contributed by atoms with Crippen LogP contribution in [-0.4, -0.2) is 32.5 Å². The topological polar surface area (TPSA) is 65.7 Å². The van der Waals surface area contributed by atoms with Crippen molar-refractivity contribution in [2.75, 3.05) is 26.9 Å². The van der Waals surface area contributed by atoms with Crippen LogP contribution in [0.4, 0.5) is 0 Å². The maximum absolute atomic E-state index is 5.94. The lowest BCUT2D eigenvalue weighted by Crippen LogP contribution is -2.46. The monoisotopic (exact) mass is 296 g/mol. The quantitative estimate of drug-likeness (QED) is 0.394. The molecule has 0 aliphatic carbocycles. The zero-order chi connectivity index (χ0) is 15.7. The summed E-state index contributed by atoms with van der Waals surface area (Å²) in [6.45, 7) is 7.83. The van der Waals surface area contributed by atoms with E-state index in [0.29, 0.717) is 19.8 Å². The molecule has 5 heteroatoms. The number of hydrogen-bond acceptors (Lipinski definition) is 5. The Bertz CT molecular complexity index is 414. The number of hydrogen-bond donors (Lipinski definition) is 2. The summed E-state index contributed by atoms with van der Waals surface area (Å²) in [5, 5.41) is 0. The smallest absolute Gasteiger partial charge is 0.124 e. The molecule has 0 amide bonds. The van der Waals surface area contributed by atoms with E-state index in [1.807, 2.05) is 31.2 Å². The highest BCUT2D eigenvalue weighted by molar-refractivity contribution is 5.37. The summed E-state index contributed by atoms with van der Waals surface area (Å²) in [5.41, 5.74) is 3.49. The molecule has 0 spiro atoms. The Morgan fingerprint density at radius 3 is 2.52 bits per heavy atom. The molecule has 0 aromatic heterocycles. The Hall–Kier alpha value is -1.14. The highest BCUT2D eigenvalue weighted by atomic mass is 16.5. The third-order valence-electron chi connectivity index (χ3n) is 3.73. The van der Waals surface area contributed by atoms with E-state index in [0.717, 1.165) is 17.7 Å². The van der Waals surface area contributed by atoms with E-state index in [-0.39, 0.29) is 6.04 Å². The molecule has 5 nitrogen and oxygen atoms in total. The van der Waals surface area contributed by atoms with Crippen molar-refractivity contribution in [2.24, 2.45) is 5.84 Å². The lowest BCUT2D eigenvalue weighted by molar-refractivity contribution is -0.0569. The second-order valence-electron chi connectivity index (χ2n) is 5.08. The summed E-state index contributed by atoms with van der Waals surface area (Å²) in [6.07, 6.45) is 0.835. The Morgan fingerprint density at radius 2 is 1.95 bits per heavy atom. The fraction of sp³-hybridized carbons (Fsp3) is 0.625. The molecular formula is C16H28N2O3. The molecule has 1 aromatic rings. The number of rotatable bonds is 10. The molecule has 3 N–H and O–H groups in total. The van der Waals surface area contributed by atoms with Crippen LogP contribution in [0.3, 0.4) is 0 Å². The Kier molecular flexibility index (Phi) is 7.67. The first kappa shape index (κ1) is 17.9. The van der Waals surface area contributed by atoms with Gasteiger partial charge in [0.25, 0.3) is 0 Å². The molecule has 0 radical (unpaired) electrons. The van der Waals surface area contributed by atoms with Crippen LogP contribution in [0.1, 0.15) is 38.8 Å². The SMILES string of the molecule is CCOC(C)(CC)C(NN)c1ccccc1OCCOC. The summed E-state index contributed by atoms with van der Waals surface area (Å²) < 4.78 is 16.8. The zero-order valence-corrected chi connectivity index (χ0v) is 13.5. The van der Waals surface area contributed by atoms with Gasteiger partial charge in [0.05, 0.1) is 18.2 Å². The van der Waals surface area contributed by atoms with E-state index in [1.54, 1.807) is 7.11 Å². The largest absolute Gasteiger partial charge is 0.491 e. The van der Waals surface area contributed by atoms with Gasteiger partial charge in [0, 0.05) is 19.3 Å². The van der Waals surface area contributed by atoms with E-state index in [1.165, 1.54) is 0 Å². The number of para-hydroxylation sites is 1. The van der Waals surface area contributed by atoms with Crippen molar-refractivity contribution >= 4 is 0 Å². The van der Waals surface area contributed by atoms with Crippen LogP contribution >= 0.6 is 0 Å². The maximum atomic E-state index is 5.94. The average Bonchev–Trinajstić information content (AvgIpc) is 2.50. The lowest BCUT2D eigenvalue weighted by atomic mass is 9.87. The number of ether oxygens (including phenoxy) is 3. The number of nitrogens with one attached hydrogen (secondary N) is 1. The summed E-state index contributed by atoms with van der Waals surface area (Å²) in [6, 6.07) is 7.73. The third kappa shape index (κ3) is 4.68. The van der Waals surface area contributed by atoms with Gasteiger partial charge >= 0.3 is 0 Å². The summed E-state index contributed by atoms with van der Waals surface area (Å²) in [4.78, 5) is 0. The van der Waals surface area contributed by atoms with Gasteiger partial charge in [-0.15, -0.1) is 0 Å². The van der Waals surface area contributed by atoms with Gasteiger partial charge in [-0.1, -0.05) is 25.1 Å². The molecule has 0 heterocycles. The highest BCUT2D eigenvalue weighted by Gasteiger charge is 2.35. The van der Waals surface area contributed by atoms with Crippen LogP contribution < -0.4 is 16.0 Å². The molecule has 0 saturated carbocycles. The maximum Gasteiger partial charge on any atom is 0.124 e. The number of benzene rings is 1. The Balaban J connectivity index is 3.04. The second kappa shape index (κ2) is 9.00. The normalized spacial score (nSPS) is 15.5. The van der Waals surface area contributed by atoms with E-state index >= 15 is 0 Å². The van der Waals surface area contributed by atoms with Gasteiger partial charge in [-0.2, -0.15) is 0 Å². The molecule has 21 heavy (non-hydrogen) atoms. The van der Waals surface area contributed by atoms with Gasteiger partial charge in [-0.25, -0.2) is 5.43 Å². The minimum atomic E-state index is -0.399. The van der Waals surface area contributed by atoms with E-state index in [4.69, 9.17) is 20.1 Å². The first-order valence-electron chi connectivity index (χ1n) is 7.43. The minimum Gasteiger partial charge on any atom is -0.491 e. The standard InChI is InChI=1S/C16H28N2O3/c1-5-16(3,21-6-2)15(18-17)13-9-7-8-10-14(13)20-12-11-19-4/h7-10,15,18H,5-6,11-12,17H2,1-4H3. The van der Waals surface area contributed by atoms with E-state index < -0.39 is 5.60 Å². The van der Waals surface area contributed by atoms with Crippen molar-refractivity contribution in [2.45, 2.75) is 38.8 Å². The fourth-order valence-electron chi connectivity index (χ4n) is 2.40. The van der Waals surface area contributed by atoms with Crippen LogP contribution in [0.25, 0.3) is 0 Å². The molecule has 2 atom stereocenters. The number of hydrazine groups is 1. The second-order valence-corrected chi connectivity index (χ2v) is 5.08. The Labute approximate surface area is 127 Å². The molecule has 0 aliphatic heterocycles. The van der Waals surface area contributed by atoms with Crippen LogP contribution in [0, 0.1) is 0 Å². The molecular weight excluding hydrogens is 268 g/mol. The molecule has 120 valence electrons. The predicted octanol–water partition coefficient (Wildman–Crippen LogP) is 2.42. The minimum absolute atomic E-state index is 0.152. The number of nitrogens with two attached hydrogens (primary N) is 1.